The Morgan fingerprint density at radius 2 is 2.33 bits per heavy atom. The Morgan fingerprint density at radius 3 is 2.90 bits per heavy atom. The van der Waals surface area contributed by atoms with E-state index in [0.717, 1.165) is 49.1 Å². The summed E-state index contributed by atoms with van der Waals surface area (Å²) in [6.45, 7) is 4.86. The summed E-state index contributed by atoms with van der Waals surface area (Å²) in [4.78, 5) is 14.8. The van der Waals surface area contributed by atoms with E-state index in [1.54, 1.807) is 7.11 Å². The Bertz CT molecular complexity index is 487. The molecule has 116 valence electrons. The number of amides is 1. The molecule has 1 unspecified atom stereocenters. The first-order valence-corrected chi connectivity index (χ1v) is 8.32. The van der Waals surface area contributed by atoms with Crippen LogP contribution in [0.25, 0.3) is 0 Å². The van der Waals surface area contributed by atoms with Gasteiger partial charge in [-0.2, -0.15) is 0 Å². The van der Waals surface area contributed by atoms with Crippen LogP contribution in [0.1, 0.15) is 36.5 Å². The summed E-state index contributed by atoms with van der Waals surface area (Å²) >= 11 is 3.45. The maximum absolute atomic E-state index is 12.8. The molecule has 1 aliphatic rings. The average molecular weight is 355 g/mol. The number of hydrogen-bond donors (Lipinski definition) is 1. The molecule has 1 aromatic carbocycles. The quantitative estimate of drug-likeness (QED) is 0.883. The van der Waals surface area contributed by atoms with Crippen molar-refractivity contribution in [3.63, 3.8) is 0 Å². The standard InChI is InChI=1S/C16H23BrN2O2/c1-3-9-19(13-5-4-8-18-11-13)16(20)12-6-7-15(21-2)14(17)10-12/h6-7,10,13,18H,3-5,8-9,11H2,1-2H3. The van der Waals surface area contributed by atoms with Crippen LogP contribution in [0.2, 0.25) is 0 Å². The highest BCUT2D eigenvalue weighted by molar-refractivity contribution is 9.10. The summed E-state index contributed by atoms with van der Waals surface area (Å²) in [6, 6.07) is 5.82. The van der Waals surface area contributed by atoms with Crippen molar-refractivity contribution in [2.75, 3.05) is 26.7 Å². The maximum Gasteiger partial charge on any atom is 0.254 e. The molecule has 1 saturated heterocycles. The van der Waals surface area contributed by atoms with E-state index in [1.807, 2.05) is 23.1 Å². The molecule has 0 radical (unpaired) electrons. The van der Waals surface area contributed by atoms with Crippen LogP contribution in [-0.2, 0) is 0 Å². The lowest BCUT2D eigenvalue weighted by Gasteiger charge is -2.34. The van der Waals surface area contributed by atoms with Gasteiger partial charge in [0.05, 0.1) is 11.6 Å². The molecule has 1 aromatic rings. The van der Waals surface area contributed by atoms with E-state index in [4.69, 9.17) is 4.74 Å². The largest absolute Gasteiger partial charge is 0.496 e. The smallest absolute Gasteiger partial charge is 0.254 e. The molecule has 0 saturated carbocycles. The molecule has 1 heterocycles. The Balaban J connectivity index is 2.19. The molecule has 0 bridgehead atoms. The van der Waals surface area contributed by atoms with Gasteiger partial charge in [0.1, 0.15) is 5.75 Å². The van der Waals surface area contributed by atoms with Gasteiger partial charge < -0.3 is 15.0 Å². The lowest BCUT2D eigenvalue weighted by atomic mass is 10.0. The minimum Gasteiger partial charge on any atom is -0.496 e. The number of piperidine rings is 1. The highest BCUT2D eigenvalue weighted by Gasteiger charge is 2.25. The third-order valence-corrected chi connectivity index (χ3v) is 4.46. The van der Waals surface area contributed by atoms with Gasteiger partial charge in [0, 0.05) is 24.7 Å². The number of nitrogens with one attached hydrogen (secondary N) is 1. The zero-order chi connectivity index (χ0) is 15.2. The van der Waals surface area contributed by atoms with Gasteiger partial charge in [-0.15, -0.1) is 0 Å². The van der Waals surface area contributed by atoms with Gasteiger partial charge in [0.2, 0.25) is 0 Å². The second-order valence-corrected chi connectivity index (χ2v) is 6.20. The average Bonchev–Trinajstić information content (AvgIpc) is 2.52. The van der Waals surface area contributed by atoms with Crippen LogP contribution in [-0.4, -0.2) is 43.6 Å². The monoisotopic (exact) mass is 354 g/mol. The molecule has 0 aromatic heterocycles. The van der Waals surface area contributed by atoms with Crippen LogP contribution in [0.4, 0.5) is 0 Å². The highest BCUT2D eigenvalue weighted by atomic mass is 79.9. The first kappa shape index (κ1) is 16.3. The molecule has 1 amide bonds. The Labute approximate surface area is 135 Å². The van der Waals surface area contributed by atoms with Gasteiger partial charge >= 0.3 is 0 Å². The molecular formula is C16H23BrN2O2. The van der Waals surface area contributed by atoms with E-state index in [0.29, 0.717) is 11.6 Å². The van der Waals surface area contributed by atoms with Gasteiger partial charge in [-0.25, -0.2) is 0 Å². The van der Waals surface area contributed by atoms with Gasteiger partial charge in [-0.1, -0.05) is 6.92 Å². The van der Waals surface area contributed by atoms with Crippen molar-refractivity contribution >= 4 is 21.8 Å². The van der Waals surface area contributed by atoms with Crippen LogP contribution < -0.4 is 10.1 Å². The lowest BCUT2D eigenvalue weighted by molar-refractivity contribution is 0.0649. The summed E-state index contributed by atoms with van der Waals surface area (Å²) in [5.41, 5.74) is 0.710. The third kappa shape index (κ3) is 3.98. The number of halogens is 1. The number of ether oxygens (including phenoxy) is 1. The van der Waals surface area contributed by atoms with Crippen LogP contribution in [0.15, 0.2) is 22.7 Å². The predicted octanol–water partition coefficient (Wildman–Crippen LogP) is 3.06. The molecule has 1 fully saturated rings. The summed E-state index contributed by atoms with van der Waals surface area (Å²) in [5.74, 6) is 0.849. The van der Waals surface area contributed by atoms with Crippen molar-refractivity contribution in [2.45, 2.75) is 32.2 Å². The Hall–Kier alpha value is -1.07. The van der Waals surface area contributed by atoms with E-state index in [1.165, 1.54) is 0 Å². The first-order valence-electron chi connectivity index (χ1n) is 7.52. The number of rotatable bonds is 5. The molecule has 1 atom stereocenters. The van der Waals surface area contributed by atoms with E-state index >= 15 is 0 Å². The van der Waals surface area contributed by atoms with Gasteiger partial charge in [0.15, 0.2) is 0 Å². The van der Waals surface area contributed by atoms with Crippen molar-refractivity contribution < 1.29 is 9.53 Å². The number of nitrogens with zero attached hydrogens (tertiary/aromatic N) is 1. The minimum absolute atomic E-state index is 0.105. The van der Waals surface area contributed by atoms with E-state index in [-0.39, 0.29) is 5.91 Å². The second kappa shape index (κ2) is 7.80. The van der Waals surface area contributed by atoms with Crippen LogP contribution in [0, 0.1) is 0 Å². The van der Waals surface area contributed by atoms with Gasteiger partial charge in [-0.3, -0.25) is 4.79 Å². The second-order valence-electron chi connectivity index (χ2n) is 5.35. The van der Waals surface area contributed by atoms with Crippen molar-refractivity contribution in [3.05, 3.63) is 28.2 Å². The fourth-order valence-electron chi connectivity index (χ4n) is 2.76. The van der Waals surface area contributed by atoms with Crippen molar-refractivity contribution in [2.24, 2.45) is 0 Å². The van der Waals surface area contributed by atoms with Crippen molar-refractivity contribution in [3.8, 4) is 5.75 Å². The summed E-state index contributed by atoms with van der Waals surface area (Å²) in [7, 11) is 1.62. The van der Waals surface area contributed by atoms with Gasteiger partial charge in [-0.05, 0) is 59.9 Å². The molecule has 2 rings (SSSR count). The molecule has 1 N–H and O–H groups in total. The highest BCUT2D eigenvalue weighted by Crippen LogP contribution is 2.26. The lowest BCUT2D eigenvalue weighted by Crippen LogP contribution is -2.49. The van der Waals surface area contributed by atoms with Crippen LogP contribution >= 0.6 is 15.9 Å². The zero-order valence-electron chi connectivity index (χ0n) is 12.7. The zero-order valence-corrected chi connectivity index (χ0v) is 14.3. The van der Waals surface area contributed by atoms with Crippen molar-refractivity contribution in [1.82, 2.24) is 10.2 Å². The molecule has 0 aliphatic carbocycles. The van der Waals surface area contributed by atoms with E-state index < -0.39 is 0 Å². The van der Waals surface area contributed by atoms with Gasteiger partial charge in [0.25, 0.3) is 5.91 Å². The minimum atomic E-state index is 0.105. The molecule has 21 heavy (non-hydrogen) atoms. The van der Waals surface area contributed by atoms with E-state index in [2.05, 4.69) is 28.2 Å². The number of benzene rings is 1. The third-order valence-electron chi connectivity index (χ3n) is 3.84. The number of hydrogen-bond acceptors (Lipinski definition) is 3. The molecule has 5 heteroatoms. The maximum atomic E-state index is 12.8. The summed E-state index contributed by atoms with van der Waals surface area (Å²) in [6.07, 6.45) is 3.18. The number of carbonyl (C=O) groups excluding carboxylic acids is 1. The molecule has 4 nitrogen and oxygen atoms in total. The Morgan fingerprint density at radius 1 is 1.52 bits per heavy atom. The van der Waals surface area contributed by atoms with Crippen molar-refractivity contribution in [1.29, 1.82) is 0 Å². The van der Waals surface area contributed by atoms with Crippen LogP contribution in [0.5, 0.6) is 5.75 Å². The van der Waals surface area contributed by atoms with Crippen LogP contribution in [0.3, 0.4) is 0 Å². The first-order chi connectivity index (χ1) is 10.2. The summed E-state index contributed by atoms with van der Waals surface area (Å²) < 4.78 is 6.04. The Kier molecular flexibility index (Phi) is 6.06. The summed E-state index contributed by atoms with van der Waals surface area (Å²) in [5, 5.41) is 3.39. The fourth-order valence-corrected chi connectivity index (χ4v) is 3.30. The molecular weight excluding hydrogens is 332 g/mol. The number of carbonyl (C=O) groups is 1. The fraction of sp³-hybridized carbons (Fsp3) is 0.562. The topological polar surface area (TPSA) is 41.6 Å². The molecule has 0 spiro atoms. The predicted molar refractivity (Wildman–Crippen MR) is 87.9 cm³/mol. The normalized spacial score (nSPS) is 18.3. The number of methoxy groups -OCH3 is 1. The molecule has 1 aliphatic heterocycles. The van der Waals surface area contributed by atoms with E-state index in [9.17, 15) is 4.79 Å². The SMILES string of the molecule is CCCN(C(=O)c1ccc(OC)c(Br)c1)C1CCCNC1.